The van der Waals surface area contributed by atoms with Gasteiger partial charge in [-0.25, -0.2) is 8.42 Å². The zero-order chi connectivity index (χ0) is 16.2. The molecule has 1 rings (SSSR count). The minimum absolute atomic E-state index is 0.283. The average Bonchev–Trinajstić information content (AvgIpc) is 2.75. The van der Waals surface area contributed by atoms with E-state index in [1.54, 1.807) is 13.0 Å². The number of aryl methyl sites for hydroxylation is 1. The Morgan fingerprint density at radius 1 is 1.29 bits per heavy atom. The quantitative estimate of drug-likeness (QED) is 0.801. The van der Waals surface area contributed by atoms with Gasteiger partial charge in [-0.15, -0.1) is 0 Å². The van der Waals surface area contributed by atoms with Crippen LogP contribution in [0.5, 0.6) is 0 Å². The Hall–Kier alpha value is -0.850. The van der Waals surface area contributed by atoms with Gasteiger partial charge in [0.05, 0.1) is 6.54 Å². The summed E-state index contributed by atoms with van der Waals surface area (Å²) in [6.45, 7) is 13.2. The number of furan rings is 1. The molecule has 122 valence electrons. The summed E-state index contributed by atoms with van der Waals surface area (Å²) in [4.78, 5) is 0.283. The second kappa shape index (κ2) is 7.42. The van der Waals surface area contributed by atoms with Crippen LogP contribution in [0.3, 0.4) is 0 Å². The molecular weight excluding hydrogens is 288 g/mol. The average molecular weight is 316 g/mol. The summed E-state index contributed by atoms with van der Waals surface area (Å²) < 4.78 is 32.5. The van der Waals surface area contributed by atoms with Crippen LogP contribution in [0.15, 0.2) is 15.4 Å². The zero-order valence-corrected chi connectivity index (χ0v) is 14.8. The van der Waals surface area contributed by atoms with Crippen LogP contribution in [-0.2, 0) is 16.6 Å². The lowest BCUT2D eigenvalue weighted by Crippen LogP contribution is -2.34. The van der Waals surface area contributed by atoms with Crippen molar-refractivity contribution in [2.75, 3.05) is 13.1 Å². The van der Waals surface area contributed by atoms with Crippen molar-refractivity contribution in [3.05, 3.63) is 17.6 Å². The molecule has 0 spiro atoms. The van der Waals surface area contributed by atoms with E-state index in [4.69, 9.17) is 4.42 Å². The number of sulfonamides is 1. The molecule has 0 radical (unpaired) electrons. The lowest BCUT2D eigenvalue weighted by Gasteiger charge is -2.21. The predicted octanol–water partition coefficient (Wildman–Crippen LogP) is 2.75. The highest BCUT2D eigenvalue weighted by molar-refractivity contribution is 7.89. The van der Waals surface area contributed by atoms with E-state index in [9.17, 15) is 8.42 Å². The third-order valence-electron chi connectivity index (χ3n) is 3.15. The van der Waals surface area contributed by atoms with E-state index in [0.717, 1.165) is 0 Å². The number of hydrogen-bond acceptors (Lipinski definition) is 4. The Morgan fingerprint density at radius 3 is 2.38 bits per heavy atom. The monoisotopic (exact) mass is 316 g/mol. The number of nitrogens with one attached hydrogen (secondary N) is 1. The van der Waals surface area contributed by atoms with Crippen molar-refractivity contribution in [2.45, 2.75) is 59.0 Å². The fourth-order valence-electron chi connectivity index (χ4n) is 2.12. The summed E-state index contributed by atoms with van der Waals surface area (Å²) in [7, 11) is -3.48. The summed E-state index contributed by atoms with van der Waals surface area (Å²) in [5.74, 6) is 1.40. The highest BCUT2D eigenvalue weighted by atomic mass is 32.2. The molecule has 0 aromatic carbocycles. The first-order chi connectivity index (χ1) is 9.68. The smallest absolute Gasteiger partial charge is 0.246 e. The first-order valence-corrected chi connectivity index (χ1v) is 8.95. The van der Waals surface area contributed by atoms with Crippen molar-refractivity contribution in [3.8, 4) is 0 Å². The largest absolute Gasteiger partial charge is 0.464 e. The van der Waals surface area contributed by atoms with E-state index in [-0.39, 0.29) is 10.8 Å². The highest BCUT2D eigenvalue weighted by Crippen LogP contribution is 2.24. The van der Waals surface area contributed by atoms with Crippen molar-refractivity contribution in [3.63, 3.8) is 0 Å². The van der Waals surface area contributed by atoms with Gasteiger partial charge in [-0.2, -0.15) is 4.31 Å². The molecule has 21 heavy (non-hydrogen) atoms. The van der Waals surface area contributed by atoms with Gasteiger partial charge in [0.25, 0.3) is 0 Å². The minimum atomic E-state index is -3.48. The maximum atomic E-state index is 12.7. The molecule has 0 atom stereocenters. The maximum Gasteiger partial charge on any atom is 0.246 e. The van der Waals surface area contributed by atoms with E-state index in [1.807, 2.05) is 34.6 Å². The van der Waals surface area contributed by atoms with Crippen LogP contribution in [0.25, 0.3) is 0 Å². The third kappa shape index (κ3) is 4.83. The Kier molecular flexibility index (Phi) is 6.43. The maximum absolute atomic E-state index is 12.7. The molecule has 0 bridgehead atoms. The fraction of sp³-hybridized carbons (Fsp3) is 0.733. The van der Waals surface area contributed by atoms with Gasteiger partial charge in [-0.1, -0.05) is 34.6 Å². The minimum Gasteiger partial charge on any atom is -0.464 e. The summed E-state index contributed by atoms with van der Waals surface area (Å²) in [5.41, 5.74) is 0. The number of rotatable bonds is 8. The molecule has 0 saturated heterocycles. The number of nitrogens with zero attached hydrogens (tertiary/aromatic N) is 1. The Labute approximate surface area is 128 Å². The van der Waals surface area contributed by atoms with Crippen LogP contribution < -0.4 is 5.32 Å². The molecule has 0 aliphatic carbocycles. The second-order valence-corrected chi connectivity index (χ2v) is 7.92. The van der Waals surface area contributed by atoms with Crippen molar-refractivity contribution >= 4 is 10.0 Å². The molecule has 0 aliphatic rings. The third-order valence-corrected chi connectivity index (χ3v) is 5.20. The molecule has 1 heterocycles. The molecule has 0 aliphatic heterocycles. The molecular formula is C15H28N2O3S. The molecule has 0 fully saturated rings. The number of hydrogen-bond donors (Lipinski definition) is 1. The van der Waals surface area contributed by atoms with Crippen LogP contribution >= 0.6 is 0 Å². The highest BCUT2D eigenvalue weighted by Gasteiger charge is 2.28. The molecule has 5 nitrogen and oxygen atoms in total. The summed E-state index contributed by atoms with van der Waals surface area (Å²) in [5, 5.41) is 3.23. The standard InChI is InChI=1S/C15H28N2O3S/c1-7-17(10-11(2)3)21(18,19)15-8-14(20-13(15)6)9-16-12(4)5/h8,11-12,16H,7,9-10H2,1-6H3. The Morgan fingerprint density at radius 2 is 1.90 bits per heavy atom. The van der Waals surface area contributed by atoms with Gasteiger partial charge >= 0.3 is 0 Å². The Balaban J connectivity index is 3.02. The summed E-state index contributed by atoms with van der Waals surface area (Å²) in [6, 6.07) is 1.96. The van der Waals surface area contributed by atoms with Crippen molar-refractivity contribution in [1.29, 1.82) is 0 Å². The van der Waals surface area contributed by atoms with Gasteiger partial charge in [0.2, 0.25) is 10.0 Å². The van der Waals surface area contributed by atoms with Gasteiger partial charge in [0.1, 0.15) is 16.4 Å². The molecule has 0 saturated carbocycles. The van der Waals surface area contributed by atoms with Crippen LogP contribution in [-0.4, -0.2) is 31.9 Å². The van der Waals surface area contributed by atoms with E-state index >= 15 is 0 Å². The normalized spacial score (nSPS) is 12.8. The molecule has 1 N–H and O–H groups in total. The van der Waals surface area contributed by atoms with Gasteiger partial charge in [0.15, 0.2) is 0 Å². The van der Waals surface area contributed by atoms with E-state index < -0.39 is 10.0 Å². The van der Waals surface area contributed by atoms with Gasteiger partial charge in [-0.3, -0.25) is 0 Å². The topological polar surface area (TPSA) is 62.6 Å². The Bertz CT molecular complexity index is 547. The van der Waals surface area contributed by atoms with Crippen LogP contribution in [0.1, 0.15) is 46.1 Å². The second-order valence-electron chi connectivity index (χ2n) is 6.02. The summed E-state index contributed by atoms with van der Waals surface area (Å²) >= 11 is 0. The van der Waals surface area contributed by atoms with Crippen molar-refractivity contribution < 1.29 is 12.8 Å². The van der Waals surface area contributed by atoms with Crippen LogP contribution in [0.2, 0.25) is 0 Å². The lowest BCUT2D eigenvalue weighted by molar-refractivity contribution is 0.379. The molecule has 1 aromatic heterocycles. The SMILES string of the molecule is CCN(CC(C)C)S(=O)(=O)c1cc(CNC(C)C)oc1C. The fourth-order valence-corrected chi connectivity index (χ4v) is 3.91. The van der Waals surface area contributed by atoms with Crippen LogP contribution in [0, 0.1) is 12.8 Å². The van der Waals surface area contributed by atoms with E-state index in [0.29, 0.717) is 37.2 Å². The van der Waals surface area contributed by atoms with E-state index in [2.05, 4.69) is 5.32 Å². The first kappa shape index (κ1) is 18.2. The zero-order valence-electron chi connectivity index (χ0n) is 13.9. The van der Waals surface area contributed by atoms with E-state index in [1.165, 1.54) is 4.31 Å². The molecule has 1 aromatic rings. The first-order valence-electron chi connectivity index (χ1n) is 7.51. The van der Waals surface area contributed by atoms with Crippen molar-refractivity contribution in [1.82, 2.24) is 9.62 Å². The predicted molar refractivity (Wildman–Crippen MR) is 84.7 cm³/mol. The molecule has 6 heteroatoms. The van der Waals surface area contributed by atoms with Gasteiger partial charge in [0, 0.05) is 25.2 Å². The van der Waals surface area contributed by atoms with Crippen LogP contribution in [0.4, 0.5) is 0 Å². The summed E-state index contributed by atoms with van der Waals surface area (Å²) in [6.07, 6.45) is 0. The lowest BCUT2D eigenvalue weighted by atomic mass is 10.2. The van der Waals surface area contributed by atoms with Gasteiger partial charge < -0.3 is 9.73 Å². The molecule has 0 amide bonds. The van der Waals surface area contributed by atoms with Gasteiger partial charge in [-0.05, 0) is 12.8 Å². The van der Waals surface area contributed by atoms with Crippen molar-refractivity contribution in [2.24, 2.45) is 5.92 Å². The molecule has 0 unspecified atom stereocenters.